The van der Waals surface area contributed by atoms with E-state index in [1.807, 2.05) is 13.8 Å². The van der Waals surface area contributed by atoms with Gasteiger partial charge in [0.2, 0.25) is 0 Å². The van der Waals surface area contributed by atoms with Gasteiger partial charge < -0.3 is 19.1 Å². The van der Waals surface area contributed by atoms with Crippen molar-refractivity contribution in [3.05, 3.63) is 62.2 Å². The molecule has 3 rings (SSSR count). The number of dihydropyridines is 1. The summed E-state index contributed by atoms with van der Waals surface area (Å²) in [7, 11) is -2.58. The van der Waals surface area contributed by atoms with Gasteiger partial charge in [-0.15, -0.1) is 0 Å². The average Bonchev–Trinajstić information content (AvgIpc) is 2.65. The van der Waals surface area contributed by atoms with Crippen LogP contribution >= 0.6 is 7.60 Å². The summed E-state index contributed by atoms with van der Waals surface area (Å²) < 4.78 is 30.5. The smallest absolute Gasteiger partial charge is 0.360 e. The van der Waals surface area contributed by atoms with E-state index in [9.17, 15) is 19.5 Å². The van der Waals surface area contributed by atoms with Gasteiger partial charge in [-0.05, 0) is 33.3 Å². The number of rotatable bonds is 4. The molecule has 2 aliphatic rings. The van der Waals surface area contributed by atoms with Crippen molar-refractivity contribution in [3.8, 4) is 0 Å². The molecular weight excluding hydrogens is 411 g/mol. The summed E-state index contributed by atoms with van der Waals surface area (Å²) in [5, 5.41) is 14.7. The first-order valence-electron chi connectivity index (χ1n) is 9.56. The maximum absolute atomic E-state index is 13.9. The van der Waals surface area contributed by atoms with Crippen LogP contribution in [0.15, 0.2) is 46.5 Å². The molecule has 10 heteroatoms. The second-order valence-electron chi connectivity index (χ2n) is 7.52. The lowest BCUT2D eigenvalue weighted by molar-refractivity contribution is -0.384. The minimum atomic E-state index is -3.83. The number of hydrogen-bond acceptors (Lipinski definition) is 8. The lowest BCUT2D eigenvalue weighted by atomic mass is 9.86. The van der Waals surface area contributed by atoms with Crippen LogP contribution in [-0.2, 0) is 23.1 Å². The summed E-state index contributed by atoms with van der Waals surface area (Å²) in [6, 6.07) is 5.89. The Balaban J connectivity index is 2.25. The molecule has 0 amide bonds. The first-order chi connectivity index (χ1) is 14.1. The van der Waals surface area contributed by atoms with Crippen molar-refractivity contribution in [2.45, 2.75) is 52.2 Å². The number of carbonyl (C=O) groups is 1. The number of ether oxygens (including phenoxy) is 1. The first kappa shape index (κ1) is 22.2. The van der Waals surface area contributed by atoms with Gasteiger partial charge in [0.05, 0.1) is 41.0 Å². The zero-order valence-corrected chi connectivity index (χ0v) is 18.4. The standard InChI is InChI=1S/C20H25N2O7P/c1-11-9-12(2)29-30(26,28-11)19-14(4)21-13(3)17(20(23)27-5)18(19)15-7-6-8-16(10-15)22(24)25/h6-8,10-12,18,21H,9H2,1-5H3. The molecule has 0 bridgehead atoms. The zero-order valence-electron chi connectivity index (χ0n) is 17.5. The molecule has 0 radical (unpaired) electrons. The Kier molecular flexibility index (Phi) is 6.17. The summed E-state index contributed by atoms with van der Waals surface area (Å²) in [6.07, 6.45) is -0.0670. The van der Waals surface area contributed by atoms with E-state index in [0.29, 0.717) is 23.4 Å². The molecule has 162 valence electrons. The Morgan fingerprint density at radius 3 is 2.43 bits per heavy atom. The predicted octanol–water partition coefficient (Wildman–Crippen LogP) is 4.37. The molecule has 0 spiro atoms. The van der Waals surface area contributed by atoms with Gasteiger partial charge >= 0.3 is 13.6 Å². The highest BCUT2D eigenvalue weighted by atomic mass is 31.2. The molecule has 0 aromatic heterocycles. The first-order valence-corrected chi connectivity index (χ1v) is 11.1. The van der Waals surface area contributed by atoms with Crippen LogP contribution in [-0.4, -0.2) is 30.2 Å². The third-order valence-corrected chi connectivity index (χ3v) is 7.60. The van der Waals surface area contributed by atoms with Crippen LogP contribution in [0, 0.1) is 10.1 Å². The molecule has 1 aromatic rings. The number of nitro benzene ring substituents is 1. The number of carbonyl (C=O) groups excluding carboxylic acids is 1. The number of allylic oxidation sites excluding steroid dienone is 3. The van der Waals surface area contributed by atoms with E-state index in [1.165, 1.54) is 25.3 Å². The highest BCUT2D eigenvalue weighted by molar-refractivity contribution is 7.58. The maximum Gasteiger partial charge on any atom is 0.360 e. The van der Waals surface area contributed by atoms with E-state index >= 15 is 0 Å². The van der Waals surface area contributed by atoms with E-state index < -0.39 is 24.4 Å². The molecule has 1 aromatic carbocycles. The van der Waals surface area contributed by atoms with Crippen molar-refractivity contribution in [3.63, 3.8) is 0 Å². The fourth-order valence-electron chi connectivity index (χ4n) is 4.03. The van der Waals surface area contributed by atoms with E-state index in [2.05, 4.69) is 5.32 Å². The van der Waals surface area contributed by atoms with Gasteiger partial charge in [-0.1, -0.05) is 12.1 Å². The van der Waals surface area contributed by atoms with Crippen LogP contribution in [0.2, 0.25) is 0 Å². The lowest BCUT2D eigenvalue weighted by Gasteiger charge is -2.39. The number of nitro groups is 1. The van der Waals surface area contributed by atoms with E-state index in [0.717, 1.165) is 0 Å². The molecule has 30 heavy (non-hydrogen) atoms. The SMILES string of the molecule is COC(=O)C1=C(C)NC(C)=C(P2(=O)OC(C)CC(C)O2)C1c1cccc([N+](=O)[O-])c1. The van der Waals surface area contributed by atoms with Crippen molar-refractivity contribution >= 4 is 19.3 Å². The highest BCUT2D eigenvalue weighted by Crippen LogP contribution is 2.67. The number of nitrogens with zero attached hydrogens (tertiary/aromatic N) is 1. The summed E-state index contributed by atoms with van der Waals surface area (Å²) in [5.41, 5.74) is 1.50. The van der Waals surface area contributed by atoms with Gasteiger partial charge in [0, 0.05) is 29.9 Å². The summed E-state index contributed by atoms with van der Waals surface area (Å²) in [4.78, 5) is 23.5. The van der Waals surface area contributed by atoms with E-state index in [1.54, 1.807) is 19.9 Å². The Morgan fingerprint density at radius 2 is 1.87 bits per heavy atom. The fourth-order valence-corrected chi connectivity index (χ4v) is 6.49. The number of benzene rings is 1. The Labute approximate surface area is 174 Å². The Morgan fingerprint density at radius 1 is 1.23 bits per heavy atom. The van der Waals surface area contributed by atoms with Gasteiger partial charge in [-0.25, -0.2) is 4.79 Å². The van der Waals surface area contributed by atoms with E-state index in [-0.39, 0.29) is 28.8 Å². The zero-order chi connectivity index (χ0) is 22.2. The molecular formula is C20H25N2O7P. The molecule has 2 aliphatic heterocycles. The van der Waals surface area contributed by atoms with Crippen molar-refractivity contribution in [2.24, 2.45) is 0 Å². The molecule has 0 aliphatic carbocycles. The molecule has 0 saturated carbocycles. The Hall–Kier alpha value is -2.48. The van der Waals surface area contributed by atoms with Gasteiger partial charge in [-0.2, -0.15) is 0 Å². The number of non-ortho nitro benzene ring substituents is 1. The Bertz CT molecular complexity index is 987. The lowest BCUT2D eigenvalue weighted by Crippen LogP contribution is -2.32. The molecule has 3 unspecified atom stereocenters. The number of nitrogens with one attached hydrogen (secondary N) is 1. The number of hydrogen-bond donors (Lipinski definition) is 1. The fraction of sp³-hybridized carbons (Fsp3) is 0.450. The second kappa shape index (κ2) is 8.34. The van der Waals surface area contributed by atoms with Crippen LogP contribution < -0.4 is 5.32 Å². The summed E-state index contributed by atoms with van der Waals surface area (Å²) in [6.45, 7) is 7.03. The molecule has 3 atom stereocenters. The number of esters is 1. The van der Waals surface area contributed by atoms with Crippen molar-refractivity contribution in [2.75, 3.05) is 7.11 Å². The molecule has 1 N–H and O–H groups in total. The van der Waals surface area contributed by atoms with Gasteiger partial charge in [0.25, 0.3) is 5.69 Å². The van der Waals surface area contributed by atoms with Gasteiger partial charge in [-0.3, -0.25) is 14.7 Å². The van der Waals surface area contributed by atoms with Crippen LogP contribution in [0.3, 0.4) is 0 Å². The van der Waals surface area contributed by atoms with Gasteiger partial charge in [0.15, 0.2) is 0 Å². The number of methoxy groups -OCH3 is 1. The average molecular weight is 436 g/mol. The molecule has 9 nitrogen and oxygen atoms in total. The molecule has 1 fully saturated rings. The minimum absolute atomic E-state index is 0.143. The normalized spacial score (nSPS) is 29.4. The molecule has 2 heterocycles. The third-order valence-electron chi connectivity index (χ3n) is 5.14. The predicted molar refractivity (Wildman–Crippen MR) is 110 cm³/mol. The third kappa shape index (κ3) is 4.05. The van der Waals surface area contributed by atoms with Crippen molar-refractivity contribution in [1.29, 1.82) is 0 Å². The topological polar surface area (TPSA) is 117 Å². The van der Waals surface area contributed by atoms with Crippen LogP contribution in [0.25, 0.3) is 0 Å². The summed E-state index contributed by atoms with van der Waals surface area (Å²) in [5.74, 6) is -1.52. The largest absolute Gasteiger partial charge is 0.466 e. The monoisotopic (exact) mass is 436 g/mol. The molecule has 1 saturated heterocycles. The summed E-state index contributed by atoms with van der Waals surface area (Å²) >= 11 is 0. The maximum atomic E-state index is 13.9. The van der Waals surface area contributed by atoms with Crippen LogP contribution in [0.1, 0.15) is 45.6 Å². The van der Waals surface area contributed by atoms with Crippen LogP contribution in [0.4, 0.5) is 5.69 Å². The minimum Gasteiger partial charge on any atom is -0.466 e. The highest BCUT2D eigenvalue weighted by Gasteiger charge is 2.48. The second-order valence-corrected chi connectivity index (χ2v) is 9.41. The van der Waals surface area contributed by atoms with Crippen LogP contribution in [0.5, 0.6) is 0 Å². The van der Waals surface area contributed by atoms with Crippen molar-refractivity contribution < 1.29 is 28.1 Å². The van der Waals surface area contributed by atoms with E-state index in [4.69, 9.17) is 13.8 Å². The van der Waals surface area contributed by atoms with Gasteiger partial charge in [0.1, 0.15) is 0 Å². The van der Waals surface area contributed by atoms with Crippen molar-refractivity contribution in [1.82, 2.24) is 5.32 Å². The quantitative estimate of drug-likeness (QED) is 0.320.